The molecule has 284 valence electrons. The number of hydrogen-bond acceptors (Lipinski definition) is 9. The average molecular weight is 746 g/mol. The molecule has 1 fully saturated rings. The van der Waals surface area contributed by atoms with Gasteiger partial charge >= 0.3 is 19.0 Å². The Bertz CT molecular complexity index is 1900. The van der Waals surface area contributed by atoms with Crippen molar-refractivity contribution in [2.24, 2.45) is 26.2 Å². The van der Waals surface area contributed by atoms with Gasteiger partial charge in [0.2, 0.25) is 0 Å². The molecule has 1 aliphatic heterocycles. The number of anilines is 1. The molecule has 2 aromatic carbocycles. The number of alkyl carbamates (subject to hydrolysis) is 1. The number of nitrogens with zero attached hydrogens (tertiary/aromatic N) is 7. The van der Waals surface area contributed by atoms with Crippen LogP contribution in [0.25, 0.3) is 11.1 Å². The minimum Gasteiger partial charge on any atom is -0.447 e. The Morgan fingerprint density at radius 1 is 1.15 bits per heavy atom. The van der Waals surface area contributed by atoms with E-state index in [-0.39, 0.29) is 23.6 Å². The Morgan fingerprint density at radius 2 is 1.83 bits per heavy atom. The van der Waals surface area contributed by atoms with Crippen molar-refractivity contribution in [1.29, 1.82) is 0 Å². The van der Waals surface area contributed by atoms with Crippen LogP contribution in [0.5, 0.6) is 5.75 Å². The molecule has 0 saturated heterocycles. The van der Waals surface area contributed by atoms with E-state index in [2.05, 4.69) is 32.0 Å². The highest BCUT2D eigenvalue weighted by molar-refractivity contribution is 6.07. The Hall–Kier alpha value is -5.55. The third kappa shape index (κ3) is 8.74. The highest BCUT2D eigenvalue weighted by Crippen LogP contribution is 2.46. The molecule has 2 atom stereocenters. The molecule has 0 unspecified atom stereocenters. The summed E-state index contributed by atoms with van der Waals surface area (Å²) < 4.78 is 77.2. The summed E-state index contributed by atoms with van der Waals surface area (Å²) in [6.07, 6.45) is -0.606. The lowest BCUT2D eigenvalue weighted by molar-refractivity contribution is -0.274. The minimum atomic E-state index is -5.07. The fraction of sp³-hybridized carbons (Fsp3) is 0.429. The van der Waals surface area contributed by atoms with Crippen LogP contribution >= 0.6 is 0 Å². The molecule has 3 aromatic rings. The van der Waals surface area contributed by atoms with E-state index in [1.165, 1.54) is 31.6 Å². The van der Waals surface area contributed by atoms with Gasteiger partial charge < -0.3 is 20.5 Å². The lowest BCUT2D eigenvalue weighted by Crippen LogP contribution is -2.48. The highest BCUT2D eigenvalue weighted by atomic mass is 19.4. The summed E-state index contributed by atoms with van der Waals surface area (Å²) >= 11 is 0. The lowest BCUT2D eigenvalue weighted by atomic mass is 9.75. The van der Waals surface area contributed by atoms with Crippen molar-refractivity contribution >= 4 is 36.7 Å². The fourth-order valence-corrected chi connectivity index (χ4v) is 6.09. The quantitative estimate of drug-likeness (QED) is 0.0852. The Kier molecular flexibility index (Phi) is 10.6. The van der Waals surface area contributed by atoms with Crippen LogP contribution < -0.4 is 20.8 Å². The number of benzene rings is 2. The monoisotopic (exact) mass is 745 g/mol. The molecule has 2 amide bonds. The summed E-state index contributed by atoms with van der Waals surface area (Å²) in [6, 6.07) is 8.95. The largest absolute Gasteiger partial charge is 0.573 e. The van der Waals surface area contributed by atoms with Crippen LogP contribution in [0, 0.1) is 5.41 Å². The van der Waals surface area contributed by atoms with Gasteiger partial charge in [0, 0.05) is 31.1 Å². The van der Waals surface area contributed by atoms with Gasteiger partial charge in [-0.1, -0.05) is 51.1 Å². The van der Waals surface area contributed by atoms with Crippen LogP contribution in [0.2, 0.25) is 0 Å². The van der Waals surface area contributed by atoms with Crippen molar-refractivity contribution in [3.8, 4) is 16.9 Å². The second-order valence-corrected chi connectivity index (χ2v) is 14.2. The third-order valence-corrected chi connectivity index (χ3v) is 8.71. The van der Waals surface area contributed by atoms with Gasteiger partial charge in [-0.2, -0.15) is 19.0 Å². The number of amides is 2. The van der Waals surface area contributed by atoms with Gasteiger partial charge in [-0.15, -0.1) is 13.2 Å². The number of alkyl halides is 5. The van der Waals surface area contributed by atoms with Gasteiger partial charge in [0.1, 0.15) is 18.6 Å². The zero-order valence-corrected chi connectivity index (χ0v) is 29.7. The number of carbonyl (C=O) groups excluding carboxylic acids is 2. The van der Waals surface area contributed by atoms with Crippen LogP contribution in [-0.4, -0.2) is 71.3 Å². The first-order valence-corrected chi connectivity index (χ1v) is 16.4. The van der Waals surface area contributed by atoms with Gasteiger partial charge in [0.05, 0.1) is 12.2 Å². The molecule has 5 rings (SSSR count). The number of hydrazone groups is 1. The smallest absolute Gasteiger partial charge is 0.447 e. The zero-order valence-electron chi connectivity index (χ0n) is 29.7. The molecule has 53 heavy (non-hydrogen) atoms. The minimum absolute atomic E-state index is 0.149. The second kappa shape index (κ2) is 14.5. The van der Waals surface area contributed by atoms with E-state index >= 15 is 0 Å². The summed E-state index contributed by atoms with van der Waals surface area (Å²) in [4.78, 5) is 37.6. The standard InChI is InChI=1S/C35H40F5N9O4/c1-32(2,3)19-34(24-10-7-21(8-11-24)23-16-44-47(17-23)29(36)37)28(50)49(30(41)45-34)26(18-52-31(51)46-33(4)13-14-33)22-9-12-27(53-35(38,39)40)25(15-22)48(43-6)20-42-5/h7-12,15-17,20,26,29H,6,13-14,18-19H2,1-5H3,(H2,41,45)(H,46,51)/t26-,34-/m1/s1. The molecule has 1 aromatic heterocycles. The molecular formula is C35H40F5N9O4. The maximum absolute atomic E-state index is 14.9. The molecule has 0 bridgehead atoms. The van der Waals surface area contributed by atoms with E-state index in [4.69, 9.17) is 15.5 Å². The number of aliphatic imine (C=N–C) groups is 2. The predicted molar refractivity (Wildman–Crippen MR) is 188 cm³/mol. The van der Waals surface area contributed by atoms with Gasteiger partial charge in [-0.05, 0) is 60.4 Å². The molecule has 2 aliphatic rings. The van der Waals surface area contributed by atoms with Gasteiger partial charge in [0.25, 0.3) is 5.91 Å². The molecule has 3 N–H and O–H groups in total. The van der Waals surface area contributed by atoms with Crippen LogP contribution in [0.15, 0.2) is 69.9 Å². The van der Waals surface area contributed by atoms with Crippen LogP contribution in [0.1, 0.15) is 70.7 Å². The number of aromatic nitrogens is 2. The van der Waals surface area contributed by atoms with Crippen LogP contribution in [0.3, 0.4) is 0 Å². The first kappa shape index (κ1) is 38.7. The second-order valence-electron chi connectivity index (χ2n) is 14.2. The van der Waals surface area contributed by atoms with E-state index < -0.39 is 59.8 Å². The van der Waals surface area contributed by atoms with Gasteiger partial charge in [-0.3, -0.25) is 14.7 Å². The molecule has 2 heterocycles. The van der Waals surface area contributed by atoms with Crippen molar-refractivity contribution in [1.82, 2.24) is 20.0 Å². The molecule has 13 nitrogen and oxygen atoms in total. The van der Waals surface area contributed by atoms with Crippen molar-refractivity contribution < 1.29 is 41.0 Å². The molecule has 0 spiro atoms. The SMILES string of the molecule is C=NN(C=NC)c1cc([C@@H](COC(=O)NC2(C)CC2)N2C(=O)[C@@](CC(C)(C)C)(c3ccc(-c4cnn(C(F)F)c4)cc3)N=C2N)ccc1OC(F)(F)F. The highest BCUT2D eigenvalue weighted by Gasteiger charge is 2.53. The zero-order chi connectivity index (χ0) is 38.9. The van der Waals surface area contributed by atoms with Crippen molar-refractivity contribution in [2.75, 3.05) is 18.7 Å². The van der Waals surface area contributed by atoms with E-state index in [0.29, 0.717) is 21.4 Å². The fourth-order valence-electron chi connectivity index (χ4n) is 6.09. The van der Waals surface area contributed by atoms with Crippen LogP contribution in [0.4, 0.5) is 32.4 Å². The van der Waals surface area contributed by atoms with E-state index in [1.54, 1.807) is 24.3 Å². The van der Waals surface area contributed by atoms with Gasteiger partial charge in [-0.25, -0.2) is 19.5 Å². The summed E-state index contributed by atoms with van der Waals surface area (Å²) in [6.45, 7) is 7.68. The average Bonchev–Trinajstić information content (AvgIpc) is 3.47. The van der Waals surface area contributed by atoms with Crippen molar-refractivity contribution in [3.63, 3.8) is 0 Å². The third-order valence-electron chi connectivity index (χ3n) is 8.71. The Labute approximate surface area is 302 Å². The Morgan fingerprint density at radius 3 is 2.38 bits per heavy atom. The maximum Gasteiger partial charge on any atom is 0.573 e. The first-order chi connectivity index (χ1) is 24.8. The number of ether oxygens (including phenoxy) is 2. The Balaban J connectivity index is 1.59. The number of nitrogens with two attached hydrogens (primary N) is 1. The summed E-state index contributed by atoms with van der Waals surface area (Å²) in [5.41, 5.74) is 5.36. The van der Waals surface area contributed by atoms with Crippen LogP contribution in [-0.2, 0) is 15.1 Å². The maximum atomic E-state index is 14.9. The molecule has 18 heteroatoms. The predicted octanol–water partition coefficient (Wildman–Crippen LogP) is 6.73. The number of carbonyl (C=O) groups is 2. The topological polar surface area (TPSA) is 152 Å². The van der Waals surface area contributed by atoms with E-state index in [1.807, 2.05) is 27.7 Å². The number of hydrogen-bond donors (Lipinski definition) is 2. The van der Waals surface area contributed by atoms with E-state index in [9.17, 15) is 31.5 Å². The lowest BCUT2D eigenvalue weighted by Gasteiger charge is -2.35. The molecular weight excluding hydrogens is 705 g/mol. The molecule has 0 radical (unpaired) electrons. The van der Waals surface area contributed by atoms with E-state index in [0.717, 1.165) is 35.2 Å². The number of guanidine groups is 1. The number of rotatable bonds is 13. The normalized spacial score (nSPS) is 19.0. The van der Waals surface area contributed by atoms with Crippen molar-refractivity contribution in [2.45, 2.75) is 77.0 Å². The van der Waals surface area contributed by atoms with Crippen molar-refractivity contribution in [3.05, 3.63) is 66.0 Å². The molecule has 1 saturated carbocycles. The number of halogens is 5. The summed E-state index contributed by atoms with van der Waals surface area (Å²) in [7, 11) is 1.37. The molecule has 1 aliphatic carbocycles. The summed E-state index contributed by atoms with van der Waals surface area (Å²) in [5.74, 6) is -1.49. The summed E-state index contributed by atoms with van der Waals surface area (Å²) in [5, 5.41) is 11.2. The van der Waals surface area contributed by atoms with Gasteiger partial charge in [0.15, 0.2) is 17.2 Å². The number of nitrogens with one attached hydrogen (secondary N) is 1. The first-order valence-electron chi connectivity index (χ1n) is 16.4.